The third-order valence-corrected chi connectivity index (χ3v) is 16.7. The molecule has 2 aromatic heterocycles. The highest BCUT2D eigenvalue weighted by Crippen LogP contribution is 2.67. The largest absolute Gasteiger partial charge is 0.393 e. The van der Waals surface area contributed by atoms with E-state index in [1.807, 2.05) is 23.5 Å². The van der Waals surface area contributed by atoms with Crippen molar-refractivity contribution in [3.05, 3.63) is 66.8 Å². The van der Waals surface area contributed by atoms with Crippen LogP contribution in [0.5, 0.6) is 0 Å². The van der Waals surface area contributed by atoms with Gasteiger partial charge in [-0.2, -0.15) is 5.10 Å². The fraction of sp³-hybridized carbons (Fsp3) is 0.698. The molecule has 2 N–H and O–H groups in total. The molecule has 10 rings (SSSR count). The highest BCUT2D eigenvalue weighted by Gasteiger charge is 2.58. The minimum Gasteiger partial charge on any atom is -0.393 e. The summed E-state index contributed by atoms with van der Waals surface area (Å²) in [6, 6.07) is 0. The predicted molar refractivity (Wildman–Crippen MR) is 197 cm³/mol. The fourth-order valence-electron chi connectivity index (χ4n) is 13.9. The molecule has 0 saturated heterocycles. The number of aliphatic hydroxyl groups excluding tert-OH is 2. The zero-order valence-corrected chi connectivity index (χ0v) is 30.8. The quantitative estimate of drug-likeness (QED) is 0.311. The average molecular weight is 678 g/mol. The topological polar surface area (TPSA) is 89.0 Å². The van der Waals surface area contributed by atoms with Crippen LogP contribution in [0.1, 0.15) is 118 Å². The Morgan fingerprint density at radius 3 is 1.66 bits per heavy atom. The summed E-state index contributed by atoms with van der Waals surface area (Å²) in [4.78, 5) is 8.44. The molecule has 4 saturated carbocycles. The van der Waals surface area contributed by atoms with E-state index < -0.39 is 0 Å². The van der Waals surface area contributed by atoms with Crippen molar-refractivity contribution in [1.82, 2.24) is 24.3 Å². The van der Waals surface area contributed by atoms with Crippen molar-refractivity contribution in [3.8, 4) is 0 Å². The summed E-state index contributed by atoms with van der Waals surface area (Å²) in [7, 11) is 0. The number of imidazole rings is 1. The zero-order chi connectivity index (χ0) is 34.5. The van der Waals surface area contributed by atoms with Crippen molar-refractivity contribution in [2.24, 2.45) is 57.2 Å². The third-order valence-electron chi connectivity index (χ3n) is 16.7. The van der Waals surface area contributed by atoms with Crippen molar-refractivity contribution in [1.29, 1.82) is 0 Å². The number of hydrogen-bond acceptors (Lipinski definition) is 5. The third kappa shape index (κ3) is 4.84. The van der Waals surface area contributed by atoms with Crippen LogP contribution in [-0.4, -0.2) is 46.7 Å². The number of nitrogens with zero attached hydrogens (tertiary/aromatic N) is 5. The zero-order valence-electron chi connectivity index (χ0n) is 30.8. The molecule has 0 bridgehead atoms. The van der Waals surface area contributed by atoms with Gasteiger partial charge in [0.15, 0.2) is 0 Å². The maximum Gasteiger partial charge on any atom is 0.138 e. The molecule has 12 atom stereocenters. The molecule has 6 unspecified atom stereocenters. The van der Waals surface area contributed by atoms with Crippen LogP contribution in [0.15, 0.2) is 66.8 Å². The van der Waals surface area contributed by atoms with E-state index >= 15 is 0 Å². The van der Waals surface area contributed by atoms with E-state index in [9.17, 15) is 10.2 Å². The fourth-order valence-corrected chi connectivity index (χ4v) is 13.9. The van der Waals surface area contributed by atoms with Crippen LogP contribution in [0, 0.1) is 57.2 Å². The van der Waals surface area contributed by atoms with Crippen molar-refractivity contribution in [2.45, 2.75) is 130 Å². The van der Waals surface area contributed by atoms with Gasteiger partial charge in [0.1, 0.15) is 12.7 Å². The molecular weight excluding hydrogens is 619 g/mol. The maximum atomic E-state index is 10.1. The summed E-state index contributed by atoms with van der Waals surface area (Å²) in [5.41, 5.74) is 7.14. The summed E-state index contributed by atoms with van der Waals surface area (Å²) in [5, 5.41) is 24.7. The van der Waals surface area contributed by atoms with Crippen LogP contribution < -0.4 is 0 Å². The van der Waals surface area contributed by atoms with Crippen molar-refractivity contribution in [2.75, 3.05) is 0 Å². The standard InChI is InChI=1S/C22H30N2O.C21H29N3O/c1-21-9-7-16(25)13-15(21)3-4-17-18-5-6-20(24-12-11-23-14-24)22(18,2)10-8-19(17)21;1-20-9-7-15(25)11-14(20)3-4-16-17-5-6-19(24-13-22-12-23-24)21(17,2)10-8-18(16)20/h3,6,11-12,14,16-19,25H,4-5,7-10,13H2,1-2H3;3,6,12-13,15-18,25H,4-5,7-11H2,1-2H3/t16-,17?,18?,19?,21-,22-;15-,16?,17?,18?,20-,21-/m00/s1. The summed E-state index contributed by atoms with van der Waals surface area (Å²) in [6.45, 7) is 9.95. The predicted octanol–water partition coefficient (Wildman–Crippen LogP) is 8.71. The molecule has 8 aliphatic rings. The second-order valence-corrected chi connectivity index (χ2v) is 18.7. The Labute approximate surface area is 299 Å². The lowest BCUT2D eigenvalue weighted by molar-refractivity contribution is -0.0251. The first kappa shape index (κ1) is 33.1. The van der Waals surface area contributed by atoms with Gasteiger partial charge in [0, 0.05) is 34.6 Å². The first-order chi connectivity index (χ1) is 24.0. The van der Waals surface area contributed by atoms with Crippen LogP contribution >= 0.6 is 0 Å². The Balaban J connectivity index is 0.000000135. The monoisotopic (exact) mass is 677 g/mol. The second kappa shape index (κ2) is 11.9. The van der Waals surface area contributed by atoms with Gasteiger partial charge < -0.3 is 14.8 Å². The Morgan fingerprint density at radius 2 is 1.14 bits per heavy atom. The second-order valence-electron chi connectivity index (χ2n) is 18.7. The summed E-state index contributed by atoms with van der Waals surface area (Å²) < 4.78 is 4.26. The van der Waals surface area contributed by atoms with Crippen molar-refractivity contribution < 1.29 is 10.2 Å². The molecule has 0 amide bonds. The molecule has 0 spiro atoms. The minimum atomic E-state index is -0.114. The molecule has 7 heteroatoms. The Morgan fingerprint density at radius 1 is 0.600 bits per heavy atom. The molecule has 2 heterocycles. The van der Waals surface area contributed by atoms with Gasteiger partial charge in [0.25, 0.3) is 0 Å². The van der Waals surface area contributed by atoms with Gasteiger partial charge in [-0.3, -0.25) is 0 Å². The molecule has 268 valence electrons. The molecule has 4 fully saturated rings. The van der Waals surface area contributed by atoms with Crippen molar-refractivity contribution >= 4 is 11.4 Å². The Bertz CT molecular complexity index is 1600. The maximum absolute atomic E-state index is 10.1. The number of hydrogen-bond donors (Lipinski definition) is 2. The lowest BCUT2D eigenvalue weighted by atomic mass is 9.48. The van der Waals surface area contributed by atoms with E-state index in [-0.39, 0.29) is 23.0 Å². The van der Waals surface area contributed by atoms with Gasteiger partial charge >= 0.3 is 0 Å². The normalized spacial score (nSPS) is 45.9. The number of aromatic nitrogens is 5. The van der Waals surface area contributed by atoms with E-state index in [4.69, 9.17) is 0 Å². The van der Waals surface area contributed by atoms with E-state index in [0.29, 0.717) is 16.7 Å². The van der Waals surface area contributed by atoms with Gasteiger partial charge in [0.2, 0.25) is 0 Å². The van der Waals surface area contributed by atoms with Crippen LogP contribution in [-0.2, 0) is 0 Å². The minimum absolute atomic E-state index is 0.106. The molecule has 50 heavy (non-hydrogen) atoms. The number of aliphatic hydroxyl groups is 2. The van der Waals surface area contributed by atoms with Crippen LogP contribution in [0.2, 0.25) is 0 Å². The van der Waals surface area contributed by atoms with E-state index in [1.54, 1.807) is 17.5 Å². The van der Waals surface area contributed by atoms with E-state index in [2.05, 4.69) is 77.8 Å². The van der Waals surface area contributed by atoms with Crippen LogP contribution in [0.3, 0.4) is 0 Å². The summed E-state index contributed by atoms with van der Waals surface area (Å²) >= 11 is 0. The number of rotatable bonds is 2. The molecular formula is C43H59N5O2. The van der Waals surface area contributed by atoms with E-state index in [1.165, 1.54) is 69.2 Å². The molecule has 7 nitrogen and oxygen atoms in total. The van der Waals surface area contributed by atoms with Gasteiger partial charge in [-0.1, -0.05) is 63.1 Å². The van der Waals surface area contributed by atoms with Crippen LogP contribution in [0.25, 0.3) is 11.4 Å². The highest BCUT2D eigenvalue weighted by atomic mass is 16.3. The van der Waals surface area contributed by atoms with Crippen molar-refractivity contribution in [3.63, 3.8) is 0 Å². The lowest BCUT2D eigenvalue weighted by Gasteiger charge is -2.57. The number of allylic oxidation sites excluding steroid dienone is 6. The van der Waals surface area contributed by atoms with Gasteiger partial charge in [-0.15, -0.1) is 0 Å². The number of fused-ring (bicyclic) bond motifs is 10. The molecule has 2 aromatic rings. The Hall–Kier alpha value is -2.77. The Kier molecular flexibility index (Phi) is 7.86. The van der Waals surface area contributed by atoms with Gasteiger partial charge in [0.05, 0.1) is 18.5 Å². The average Bonchev–Trinajstić information content (AvgIpc) is 3.92. The van der Waals surface area contributed by atoms with Gasteiger partial charge in [-0.05, 0) is 136 Å². The lowest BCUT2D eigenvalue weighted by Crippen LogP contribution is -2.50. The summed E-state index contributed by atoms with van der Waals surface area (Å²) in [5.74, 6) is 4.60. The summed E-state index contributed by atoms with van der Waals surface area (Å²) in [6.07, 6.45) is 35.3. The van der Waals surface area contributed by atoms with Gasteiger partial charge in [-0.25, -0.2) is 14.6 Å². The molecule has 8 aliphatic carbocycles. The first-order valence-corrected chi connectivity index (χ1v) is 20.0. The SMILES string of the molecule is C[C@]12CC[C@H](O)CC1=CCC1C2CC[C@]2(C)C(n3ccnc3)=CCC12.C[C@]12CC[C@H](O)CC1=CCC1C2CC[C@]2(C)C(n3cncn3)=CCC12. The molecule has 0 aliphatic heterocycles. The van der Waals surface area contributed by atoms with E-state index in [0.717, 1.165) is 61.7 Å². The smallest absolute Gasteiger partial charge is 0.138 e. The highest BCUT2D eigenvalue weighted by molar-refractivity contribution is 5.57. The van der Waals surface area contributed by atoms with Crippen LogP contribution in [0.4, 0.5) is 0 Å². The molecule has 0 radical (unpaired) electrons. The first-order valence-electron chi connectivity index (χ1n) is 20.0. The molecule has 0 aromatic carbocycles.